The van der Waals surface area contributed by atoms with E-state index in [1.807, 2.05) is 42.6 Å². The zero-order chi connectivity index (χ0) is 12.1. The van der Waals surface area contributed by atoms with Crippen molar-refractivity contribution in [3.05, 3.63) is 46.2 Å². The third kappa shape index (κ3) is 3.24. The minimum absolute atomic E-state index is 0.656. The number of hydrogen-bond acceptors (Lipinski definition) is 3. The molecule has 0 bridgehead atoms. The van der Waals surface area contributed by atoms with Crippen molar-refractivity contribution in [2.75, 3.05) is 12.4 Å². The molecule has 2 rings (SSSR count). The largest absolute Gasteiger partial charge is 0.488 e. The van der Waals surface area contributed by atoms with E-state index in [1.165, 1.54) is 9.75 Å². The van der Waals surface area contributed by atoms with Crippen LogP contribution < -0.4 is 10.1 Å². The van der Waals surface area contributed by atoms with Gasteiger partial charge in [0.1, 0.15) is 12.4 Å². The van der Waals surface area contributed by atoms with Crippen LogP contribution >= 0.6 is 11.3 Å². The molecule has 0 saturated heterocycles. The molecule has 1 aromatic heterocycles. The number of anilines is 1. The molecule has 3 heteroatoms. The lowest BCUT2D eigenvalue weighted by molar-refractivity contribution is 0.310. The Hall–Kier alpha value is -1.48. The van der Waals surface area contributed by atoms with Gasteiger partial charge >= 0.3 is 0 Å². The third-order valence-electron chi connectivity index (χ3n) is 2.59. The Morgan fingerprint density at radius 1 is 1.06 bits per heavy atom. The molecule has 1 aromatic carbocycles. The highest BCUT2D eigenvalue weighted by atomic mass is 32.1. The quantitative estimate of drug-likeness (QED) is 0.864. The summed E-state index contributed by atoms with van der Waals surface area (Å²) in [6, 6.07) is 12.3. The predicted molar refractivity (Wildman–Crippen MR) is 74.0 cm³/mol. The maximum absolute atomic E-state index is 5.73. The van der Waals surface area contributed by atoms with E-state index < -0.39 is 0 Å². The summed E-state index contributed by atoms with van der Waals surface area (Å²) >= 11 is 1.82. The summed E-state index contributed by atoms with van der Waals surface area (Å²) in [6.07, 6.45) is 1.10. The Kier molecular flexibility index (Phi) is 4.04. The lowest BCUT2D eigenvalue weighted by atomic mass is 10.3. The highest BCUT2D eigenvalue weighted by molar-refractivity contribution is 7.11. The molecule has 0 unspecified atom stereocenters. The van der Waals surface area contributed by atoms with E-state index in [0.29, 0.717) is 6.61 Å². The molecule has 90 valence electrons. The summed E-state index contributed by atoms with van der Waals surface area (Å²) in [5, 5.41) is 3.09. The minimum atomic E-state index is 0.656. The van der Waals surface area contributed by atoms with E-state index in [1.54, 1.807) is 0 Å². The summed E-state index contributed by atoms with van der Waals surface area (Å²) in [6.45, 7) is 2.83. The van der Waals surface area contributed by atoms with Gasteiger partial charge in [0, 0.05) is 22.5 Å². The van der Waals surface area contributed by atoms with Gasteiger partial charge in [-0.15, -0.1) is 11.3 Å². The number of thiophene rings is 1. The first-order valence-electron chi connectivity index (χ1n) is 5.80. The van der Waals surface area contributed by atoms with E-state index in [9.17, 15) is 0 Å². The molecular formula is C14H17NOS. The zero-order valence-corrected chi connectivity index (χ0v) is 11.0. The van der Waals surface area contributed by atoms with Gasteiger partial charge in [-0.2, -0.15) is 0 Å². The zero-order valence-electron chi connectivity index (χ0n) is 10.2. The predicted octanol–water partition coefficient (Wildman–Crippen LogP) is 3.93. The standard InChI is InChI=1S/C14H17NOS/c1-3-13-8-9-14(17-13)10-16-12-6-4-11(15-2)5-7-12/h4-9,15H,3,10H2,1-2H3. The monoisotopic (exact) mass is 247 g/mol. The Morgan fingerprint density at radius 2 is 1.76 bits per heavy atom. The number of ether oxygens (including phenoxy) is 1. The first-order valence-corrected chi connectivity index (χ1v) is 6.61. The highest BCUT2D eigenvalue weighted by Crippen LogP contribution is 2.20. The van der Waals surface area contributed by atoms with Crippen LogP contribution in [0.5, 0.6) is 5.75 Å². The van der Waals surface area contributed by atoms with Crippen LogP contribution in [0, 0.1) is 0 Å². The first-order chi connectivity index (χ1) is 8.31. The van der Waals surface area contributed by atoms with Crippen LogP contribution in [0.1, 0.15) is 16.7 Å². The second-order valence-electron chi connectivity index (χ2n) is 3.78. The van der Waals surface area contributed by atoms with Crippen LogP contribution in [0.3, 0.4) is 0 Å². The average molecular weight is 247 g/mol. The molecule has 0 spiro atoms. The summed E-state index contributed by atoms with van der Waals surface area (Å²) in [7, 11) is 1.91. The van der Waals surface area contributed by atoms with Crippen molar-refractivity contribution in [3.63, 3.8) is 0 Å². The molecule has 1 heterocycles. The lowest BCUT2D eigenvalue weighted by Gasteiger charge is -2.05. The molecule has 0 aliphatic rings. The molecule has 0 radical (unpaired) electrons. The van der Waals surface area contributed by atoms with E-state index in [2.05, 4.69) is 24.4 Å². The van der Waals surface area contributed by atoms with Gasteiger partial charge in [-0.3, -0.25) is 0 Å². The maximum atomic E-state index is 5.73. The van der Waals surface area contributed by atoms with E-state index in [-0.39, 0.29) is 0 Å². The van der Waals surface area contributed by atoms with Crippen LogP contribution in [-0.2, 0) is 13.0 Å². The van der Waals surface area contributed by atoms with Crippen molar-refractivity contribution in [2.24, 2.45) is 0 Å². The molecule has 0 aliphatic carbocycles. The van der Waals surface area contributed by atoms with Crippen molar-refractivity contribution in [3.8, 4) is 5.75 Å². The van der Waals surface area contributed by atoms with Crippen LogP contribution in [0.2, 0.25) is 0 Å². The average Bonchev–Trinajstić information content (AvgIpc) is 2.85. The number of aryl methyl sites for hydroxylation is 1. The first kappa shape index (κ1) is 12.0. The van der Waals surface area contributed by atoms with E-state index >= 15 is 0 Å². The van der Waals surface area contributed by atoms with Gasteiger partial charge in [0.25, 0.3) is 0 Å². The van der Waals surface area contributed by atoms with Crippen molar-refractivity contribution in [1.29, 1.82) is 0 Å². The molecule has 0 atom stereocenters. The fraction of sp³-hybridized carbons (Fsp3) is 0.286. The van der Waals surface area contributed by atoms with Crippen molar-refractivity contribution in [2.45, 2.75) is 20.0 Å². The van der Waals surface area contributed by atoms with Gasteiger partial charge in [-0.05, 0) is 42.8 Å². The fourth-order valence-corrected chi connectivity index (χ4v) is 2.43. The van der Waals surface area contributed by atoms with Gasteiger partial charge in [-0.25, -0.2) is 0 Å². The Bertz CT molecular complexity index is 461. The van der Waals surface area contributed by atoms with Crippen LogP contribution in [0.4, 0.5) is 5.69 Å². The molecule has 1 N–H and O–H groups in total. The SMILES string of the molecule is CCc1ccc(COc2ccc(NC)cc2)s1. The summed E-state index contributed by atoms with van der Waals surface area (Å²) in [5.41, 5.74) is 1.10. The van der Waals surface area contributed by atoms with Crippen molar-refractivity contribution in [1.82, 2.24) is 0 Å². The lowest BCUT2D eigenvalue weighted by Crippen LogP contribution is -1.93. The van der Waals surface area contributed by atoms with Crippen molar-refractivity contribution >= 4 is 17.0 Å². The molecule has 2 nitrogen and oxygen atoms in total. The van der Waals surface area contributed by atoms with Crippen LogP contribution in [0.25, 0.3) is 0 Å². The van der Waals surface area contributed by atoms with Gasteiger partial charge in [0.15, 0.2) is 0 Å². The third-order valence-corrected chi connectivity index (χ3v) is 3.79. The van der Waals surface area contributed by atoms with Gasteiger partial charge in [0.2, 0.25) is 0 Å². The van der Waals surface area contributed by atoms with Crippen LogP contribution in [-0.4, -0.2) is 7.05 Å². The molecule has 0 fully saturated rings. The van der Waals surface area contributed by atoms with Crippen molar-refractivity contribution < 1.29 is 4.74 Å². The number of rotatable bonds is 5. The van der Waals surface area contributed by atoms with Crippen LogP contribution in [0.15, 0.2) is 36.4 Å². The Labute approximate surface area is 106 Å². The molecule has 0 aliphatic heterocycles. The molecule has 17 heavy (non-hydrogen) atoms. The molecule has 0 amide bonds. The topological polar surface area (TPSA) is 21.3 Å². The summed E-state index contributed by atoms with van der Waals surface area (Å²) in [5.74, 6) is 0.912. The molecule has 0 saturated carbocycles. The van der Waals surface area contributed by atoms with Gasteiger partial charge in [-0.1, -0.05) is 6.92 Å². The molecule has 2 aromatic rings. The second-order valence-corrected chi connectivity index (χ2v) is 5.04. The van der Waals surface area contributed by atoms with E-state index in [0.717, 1.165) is 17.9 Å². The second kappa shape index (κ2) is 5.73. The Balaban J connectivity index is 1.92. The summed E-state index contributed by atoms with van der Waals surface area (Å²) < 4.78 is 5.73. The van der Waals surface area contributed by atoms with E-state index in [4.69, 9.17) is 4.74 Å². The number of nitrogens with one attached hydrogen (secondary N) is 1. The minimum Gasteiger partial charge on any atom is -0.488 e. The molecular weight excluding hydrogens is 230 g/mol. The smallest absolute Gasteiger partial charge is 0.122 e. The normalized spacial score (nSPS) is 10.2. The number of hydrogen-bond donors (Lipinski definition) is 1. The highest BCUT2D eigenvalue weighted by Gasteiger charge is 2.00. The Morgan fingerprint density at radius 3 is 2.35 bits per heavy atom. The van der Waals surface area contributed by atoms with Gasteiger partial charge < -0.3 is 10.1 Å². The number of benzene rings is 1. The van der Waals surface area contributed by atoms with Gasteiger partial charge in [0.05, 0.1) is 0 Å². The maximum Gasteiger partial charge on any atom is 0.122 e. The fourth-order valence-electron chi connectivity index (χ4n) is 1.56. The summed E-state index contributed by atoms with van der Waals surface area (Å²) in [4.78, 5) is 2.69.